The monoisotopic (exact) mass is 488 g/mol. The number of thiophene rings is 1. The number of nitrogens with one attached hydrogen (secondary N) is 2. The van der Waals surface area contributed by atoms with Crippen molar-refractivity contribution in [3.05, 3.63) is 89.5 Å². The van der Waals surface area contributed by atoms with E-state index in [1.165, 1.54) is 44.1 Å². The number of amidine groups is 1. The average molecular weight is 489 g/mol. The number of aryl methyl sites for hydroxylation is 1. The minimum absolute atomic E-state index is 0.167. The van der Waals surface area contributed by atoms with Crippen molar-refractivity contribution in [3.63, 3.8) is 0 Å². The van der Waals surface area contributed by atoms with E-state index in [-0.39, 0.29) is 5.84 Å². The van der Waals surface area contributed by atoms with Gasteiger partial charge in [0.15, 0.2) is 0 Å². The fourth-order valence-electron chi connectivity index (χ4n) is 3.70. The molecule has 0 spiro atoms. The Balaban J connectivity index is 0.000000795. The van der Waals surface area contributed by atoms with Gasteiger partial charge in [-0.25, -0.2) is 0 Å². The Hall–Kier alpha value is -3.19. The Labute approximate surface area is 212 Å². The van der Waals surface area contributed by atoms with Crippen molar-refractivity contribution in [1.29, 1.82) is 5.41 Å². The Morgan fingerprint density at radius 2 is 1.74 bits per heavy atom. The average Bonchev–Trinajstić information content (AvgIpc) is 3.29. The van der Waals surface area contributed by atoms with Crippen LogP contribution in [0.3, 0.4) is 0 Å². The van der Waals surface area contributed by atoms with Crippen molar-refractivity contribution < 1.29 is 4.74 Å². The SMILES string of the molecule is CC(=N)N.CCc1cccc(CNCc2cc(-c3cc4ccccc4s3)ccc2OCCCN)c1. The zero-order valence-electron chi connectivity index (χ0n) is 20.6. The Kier molecular flexibility index (Phi) is 10.3. The molecule has 0 amide bonds. The molecule has 4 aromatic rings. The number of ether oxygens (including phenoxy) is 1. The van der Waals surface area contributed by atoms with E-state index in [0.717, 1.165) is 31.7 Å². The Morgan fingerprint density at radius 3 is 2.49 bits per heavy atom. The summed E-state index contributed by atoms with van der Waals surface area (Å²) in [6.45, 7) is 6.60. The van der Waals surface area contributed by atoms with Gasteiger partial charge in [-0.1, -0.05) is 49.4 Å². The number of benzene rings is 3. The van der Waals surface area contributed by atoms with Gasteiger partial charge < -0.3 is 21.5 Å². The van der Waals surface area contributed by atoms with Crippen molar-refractivity contribution in [1.82, 2.24) is 5.32 Å². The third-order valence-corrected chi connectivity index (χ3v) is 6.59. The number of rotatable bonds is 10. The first-order chi connectivity index (χ1) is 17.0. The molecule has 0 fully saturated rings. The molecule has 1 heterocycles. The van der Waals surface area contributed by atoms with Crippen LogP contribution in [0.15, 0.2) is 72.8 Å². The van der Waals surface area contributed by atoms with Crippen molar-refractivity contribution in [2.75, 3.05) is 13.2 Å². The van der Waals surface area contributed by atoms with Gasteiger partial charge in [-0.05, 0) is 78.7 Å². The van der Waals surface area contributed by atoms with Crippen molar-refractivity contribution in [2.24, 2.45) is 11.5 Å². The number of fused-ring (bicyclic) bond motifs is 1. The number of hydrogen-bond donors (Lipinski definition) is 4. The van der Waals surface area contributed by atoms with E-state index in [0.29, 0.717) is 13.2 Å². The summed E-state index contributed by atoms with van der Waals surface area (Å²) in [5.74, 6) is 1.10. The summed E-state index contributed by atoms with van der Waals surface area (Å²) >= 11 is 1.83. The highest BCUT2D eigenvalue weighted by Gasteiger charge is 2.10. The summed E-state index contributed by atoms with van der Waals surface area (Å²) in [6.07, 6.45) is 1.92. The minimum Gasteiger partial charge on any atom is -0.493 e. The molecule has 4 rings (SSSR count). The van der Waals surface area contributed by atoms with Gasteiger partial charge in [0.05, 0.1) is 12.4 Å². The van der Waals surface area contributed by atoms with Crippen LogP contribution in [0.1, 0.15) is 37.0 Å². The van der Waals surface area contributed by atoms with Gasteiger partial charge in [-0.3, -0.25) is 5.41 Å². The largest absolute Gasteiger partial charge is 0.493 e. The van der Waals surface area contributed by atoms with Gasteiger partial charge in [0.25, 0.3) is 0 Å². The predicted molar refractivity (Wildman–Crippen MR) is 150 cm³/mol. The van der Waals surface area contributed by atoms with Crippen LogP contribution in [0, 0.1) is 5.41 Å². The van der Waals surface area contributed by atoms with Gasteiger partial charge in [0, 0.05) is 28.2 Å². The first kappa shape index (κ1) is 26.4. The van der Waals surface area contributed by atoms with E-state index in [9.17, 15) is 0 Å². The molecular formula is C29H36N4OS. The lowest BCUT2D eigenvalue weighted by Crippen LogP contribution is -2.14. The zero-order chi connectivity index (χ0) is 25.0. The van der Waals surface area contributed by atoms with E-state index in [2.05, 4.69) is 85.0 Å². The second-order valence-electron chi connectivity index (χ2n) is 8.42. The van der Waals surface area contributed by atoms with E-state index < -0.39 is 0 Å². The van der Waals surface area contributed by atoms with Crippen molar-refractivity contribution in [2.45, 2.75) is 39.8 Å². The Bertz CT molecular complexity index is 1200. The van der Waals surface area contributed by atoms with E-state index in [4.69, 9.17) is 21.6 Å². The molecule has 184 valence electrons. The highest BCUT2D eigenvalue weighted by Crippen LogP contribution is 2.35. The molecule has 35 heavy (non-hydrogen) atoms. The van der Waals surface area contributed by atoms with Crippen molar-refractivity contribution in [3.8, 4) is 16.2 Å². The molecule has 5 nitrogen and oxygen atoms in total. The van der Waals surface area contributed by atoms with Gasteiger partial charge in [-0.15, -0.1) is 11.3 Å². The van der Waals surface area contributed by atoms with Crippen LogP contribution in [0.4, 0.5) is 0 Å². The number of hydrogen-bond acceptors (Lipinski definition) is 5. The summed E-state index contributed by atoms with van der Waals surface area (Å²) in [4.78, 5) is 1.28. The van der Waals surface area contributed by atoms with E-state index in [1.54, 1.807) is 0 Å². The smallest absolute Gasteiger partial charge is 0.123 e. The molecule has 3 aromatic carbocycles. The van der Waals surface area contributed by atoms with Gasteiger partial charge in [0.2, 0.25) is 0 Å². The maximum absolute atomic E-state index is 6.28. The summed E-state index contributed by atoms with van der Waals surface area (Å²) < 4.78 is 7.37. The zero-order valence-corrected chi connectivity index (χ0v) is 21.5. The van der Waals surface area contributed by atoms with Crippen LogP contribution in [0.5, 0.6) is 5.75 Å². The molecule has 6 N–H and O–H groups in total. The minimum atomic E-state index is 0.167. The molecule has 0 aliphatic carbocycles. The normalized spacial score (nSPS) is 10.6. The summed E-state index contributed by atoms with van der Waals surface area (Å²) in [6, 6.07) is 26.1. The van der Waals surface area contributed by atoms with Crippen LogP contribution in [-0.4, -0.2) is 19.0 Å². The lowest BCUT2D eigenvalue weighted by Gasteiger charge is -2.14. The fraction of sp³-hybridized carbons (Fsp3) is 0.276. The molecule has 0 unspecified atom stereocenters. The van der Waals surface area contributed by atoms with Crippen molar-refractivity contribution >= 4 is 27.3 Å². The predicted octanol–water partition coefficient (Wildman–Crippen LogP) is 6.09. The second-order valence-corrected chi connectivity index (χ2v) is 9.51. The molecule has 0 aliphatic heterocycles. The van der Waals surface area contributed by atoms with Gasteiger partial charge >= 0.3 is 0 Å². The highest BCUT2D eigenvalue weighted by atomic mass is 32.1. The van der Waals surface area contributed by atoms with Gasteiger partial charge in [-0.2, -0.15) is 0 Å². The van der Waals surface area contributed by atoms with Crippen LogP contribution in [0.2, 0.25) is 0 Å². The second kappa shape index (κ2) is 13.6. The molecule has 1 aromatic heterocycles. The first-order valence-electron chi connectivity index (χ1n) is 12.0. The fourth-order valence-corrected chi connectivity index (χ4v) is 4.76. The maximum Gasteiger partial charge on any atom is 0.123 e. The van der Waals surface area contributed by atoms with E-state index >= 15 is 0 Å². The molecule has 0 radical (unpaired) electrons. The van der Waals surface area contributed by atoms with Crippen LogP contribution in [0.25, 0.3) is 20.5 Å². The maximum atomic E-state index is 6.28. The third-order valence-electron chi connectivity index (χ3n) is 5.42. The molecule has 0 aliphatic rings. The van der Waals surface area contributed by atoms with Crippen LogP contribution in [-0.2, 0) is 19.5 Å². The lowest BCUT2D eigenvalue weighted by molar-refractivity contribution is 0.309. The molecule has 0 saturated heterocycles. The highest BCUT2D eigenvalue weighted by molar-refractivity contribution is 7.22. The molecule has 0 bridgehead atoms. The molecule has 0 atom stereocenters. The first-order valence-corrected chi connectivity index (χ1v) is 12.9. The third kappa shape index (κ3) is 8.21. The lowest BCUT2D eigenvalue weighted by atomic mass is 10.1. The molecule has 6 heteroatoms. The summed E-state index contributed by atoms with van der Waals surface area (Å²) in [5.41, 5.74) is 15.4. The van der Waals surface area contributed by atoms with Gasteiger partial charge in [0.1, 0.15) is 5.75 Å². The van der Waals surface area contributed by atoms with Crippen LogP contribution >= 0.6 is 11.3 Å². The molecule has 0 saturated carbocycles. The summed E-state index contributed by atoms with van der Waals surface area (Å²) in [5, 5.41) is 11.2. The number of nitrogens with two attached hydrogens (primary N) is 2. The Morgan fingerprint density at radius 1 is 0.971 bits per heavy atom. The topological polar surface area (TPSA) is 97.2 Å². The standard InChI is InChI=1S/C27H30N2OS.C2H6N2/c1-2-20-7-5-8-21(15-20)18-29-19-24-16-23(11-12-25(24)30-14-6-13-28)27-17-22-9-3-4-10-26(22)31-27;1-2(3)4/h3-5,7-12,15-17,29H,2,6,13-14,18-19,28H2,1H3;1H3,(H3,3,4). The van der Waals surface area contributed by atoms with E-state index in [1.807, 2.05) is 11.3 Å². The quantitative estimate of drug-likeness (QED) is 0.123. The van der Waals surface area contributed by atoms with Crippen LogP contribution < -0.4 is 21.5 Å². The molecular weight excluding hydrogens is 452 g/mol. The summed E-state index contributed by atoms with van der Waals surface area (Å²) in [7, 11) is 0.